The number of amides is 1. The minimum absolute atomic E-state index is 0.156. The van der Waals surface area contributed by atoms with E-state index < -0.39 is 0 Å². The van der Waals surface area contributed by atoms with Gasteiger partial charge in [0, 0.05) is 23.5 Å². The predicted molar refractivity (Wildman–Crippen MR) is 76.2 cm³/mol. The van der Waals surface area contributed by atoms with Crippen molar-refractivity contribution in [1.82, 2.24) is 15.2 Å². The molecular formula is C15H12N4O. The van der Waals surface area contributed by atoms with Crippen LogP contribution in [0.15, 0.2) is 61.2 Å². The van der Waals surface area contributed by atoms with Crippen LogP contribution >= 0.6 is 0 Å². The molecule has 2 N–H and O–H groups in total. The van der Waals surface area contributed by atoms with Gasteiger partial charge in [0.15, 0.2) is 0 Å². The second-order valence-electron chi connectivity index (χ2n) is 4.26. The molecule has 1 aromatic carbocycles. The summed E-state index contributed by atoms with van der Waals surface area (Å²) in [5.74, 6) is -0.156. The Morgan fingerprint density at radius 3 is 2.55 bits per heavy atom. The smallest absolute Gasteiger partial charge is 0.255 e. The Morgan fingerprint density at radius 2 is 1.90 bits per heavy atom. The first kappa shape index (κ1) is 12.1. The summed E-state index contributed by atoms with van der Waals surface area (Å²) in [5, 5.41) is 9.46. The maximum Gasteiger partial charge on any atom is 0.255 e. The maximum absolute atomic E-state index is 12.1. The Hall–Kier alpha value is -2.95. The van der Waals surface area contributed by atoms with Gasteiger partial charge in [0.25, 0.3) is 5.91 Å². The molecule has 3 rings (SSSR count). The molecule has 20 heavy (non-hydrogen) atoms. The second kappa shape index (κ2) is 5.36. The van der Waals surface area contributed by atoms with Crippen molar-refractivity contribution in [3.05, 3.63) is 66.7 Å². The first-order valence-corrected chi connectivity index (χ1v) is 6.13. The van der Waals surface area contributed by atoms with Crippen LogP contribution in [0.1, 0.15) is 10.4 Å². The van der Waals surface area contributed by atoms with E-state index in [1.165, 1.54) is 0 Å². The van der Waals surface area contributed by atoms with Crippen LogP contribution in [0.2, 0.25) is 0 Å². The van der Waals surface area contributed by atoms with E-state index in [0.717, 1.165) is 11.1 Å². The van der Waals surface area contributed by atoms with Gasteiger partial charge >= 0.3 is 0 Å². The number of rotatable bonds is 3. The fourth-order valence-electron chi connectivity index (χ4n) is 1.86. The SMILES string of the molecule is O=C(Nc1cccnc1)c1ccc(-c2cn[nH]c2)cc1. The number of anilines is 1. The number of hydrogen-bond acceptors (Lipinski definition) is 3. The lowest BCUT2D eigenvalue weighted by molar-refractivity contribution is 0.102. The summed E-state index contributed by atoms with van der Waals surface area (Å²) < 4.78 is 0. The fourth-order valence-corrected chi connectivity index (χ4v) is 1.86. The van der Waals surface area contributed by atoms with Gasteiger partial charge in [0.05, 0.1) is 18.1 Å². The van der Waals surface area contributed by atoms with Gasteiger partial charge in [-0.05, 0) is 29.8 Å². The van der Waals surface area contributed by atoms with E-state index in [2.05, 4.69) is 20.5 Å². The monoisotopic (exact) mass is 264 g/mol. The van der Waals surface area contributed by atoms with Gasteiger partial charge < -0.3 is 5.32 Å². The molecule has 0 saturated heterocycles. The highest BCUT2D eigenvalue weighted by Gasteiger charge is 2.06. The van der Waals surface area contributed by atoms with Crippen molar-refractivity contribution in [3.8, 4) is 11.1 Å². The summed E-state index contributed by atoms with van der Waals surface area (Å²) in [6, 6.07) is 10.9. The van der Waals surface area contributed by atoms with Crippen molar-refractivity contribution in [3.63, 3.8) is 0 Å². The van der Waals surface area contributed by atoms with E-state index in [-0.39, 0.29) is 5.91 Å². The van der Waals surface area contributed by atoms with E-state index in [1.54, 1.807) is 42.9 Å². The zero-order chi connectivity index (χ0) is 13.8. The number of aromatic amines is 1. The molecule has 0 atom stereocenters. The molecule has 5 nitrogen and oxygen atoms in total. The van der Waals surface area contributed by atoms with E-state index in [9.17, 15) is 4.79 Å². The topological polar surface area (TPSA) is 70.7 Å². The summed E-state index contributed by atoms with van der Waals surface area (Å²) in [6.07, 6.45) is 6.82. The number of benzene rings is 1. The van der Waals surface area contributed by atoms with Crippen LogP contribution in [0, 0.1) is 0 Å². The third kappa shape index (κ3) is 2.56. The molecule has 0 bridgehead atoms. The number of hydrogen-bond donors (Lipinski definition) is 2. The lowest BCUT2D eigenvalue weighted by Gasteiger charge is -2.05. The molecule has 0 aliphatic carbocycles. The number of carbonyl (C=O) groups is 1. The molecule has 0 aliphatic heterocycles. The molecule has 0 saturated carbocycles. The van der Waals surface area contributed by atoms with Gasteiger partial charge in [0.1, 0.15) is 0 Å². The highest BCUT2D eigenvalue weighted by molar-refractivity contribution is 6.04. The maximum atomic E-state index is 12.1. The third-order valence-electron chi connectivity index (χ3n) is 2.90. The standard InChI is InChI=1S/C15H12N4O/c20-15(19-14-2-1-7-16-10-14)12-5-3-11(4-6-12)13-8-17-18-9-13/h1-10H,(H,17,18)(H,19,20). The summed E-state index contributed by atoms with van der Waals surface area (Å²) >= 11 is 0. The zero-order valence-electron chi connectivity index (χ0n) is 10.6. The molecule has 0 spiro atoms. The molecule has 0 radical (unpaired) electrons. The molecule has 0 aliphatic rings. The van der Waals surface area contributed by atoms with Crippen LogP contribution in [0.4, 0.5) is 5.69 Å². The first-order valence-electron chi connectivity index (χ1n) is 6.13. The highest BCUT2D eigenvalue weighted by atomic mass is 16.1. The zero-order valence-corrected chi connectivity index (χ0v) is 10.6. The van der Waals surface area contributed by atoms with Crippen molar-refractivity contribution in [2.45, 2.75) is 0 Å². The van der Waals surface area contributed by atoms with E-state index in [4.69, 9.17) is 0 Å². The second-order valence-corrected chi connectivity index (χ2v) is 4.26. The lowest BCUT2D eigenvalue weighted by atomic mass is 10.1. The molecule has 3 aromatic rings. The highest BCUT2D eigenvalue weighted by Crippen LogP contribution is 2.18. The number of nitrogens with zero attached hydrogens (tertiary/aromatic N) is 2. The van der Waals surface area contributed by atoms with Crippen LogP contribution in [0.25, 0.3) is 11.1 Å². The lowest BCUT2D eigenvalue weighted by Crippen LogP contribution is -2.11. The van der Waals surface area contributed by atoms with Gasteiger partial charge in [0.2, 0.25) is 0 Å². The number of H-pyrrole nitrogens is 1. The van der Waals surface area contributed by atoms with Gasteiger partial charge in [-0.15, -0.1) is 0 Å². The fraction of sp³-hybridized carbons (Fsp3) is 0. The van der Waals surface area contributed by atoms with E-state index >= 15 is 0 Å². The number of aromatic nitrogens is 3. The van der Waals surface area contributed by atoms with E-state index in [1.807, 2.05) is 18.3 Å². The van der Waals surface area contributed by atoms with E-state index in [0.29, 0.717) is 11.3 Å². The Balaban J connectivity index is 1.76. The normalized spacial score (nSPS) is 10.2. The molecule has 0 fully saturated rings. The number of nitrogens with one attached hydrogen (secondary N) is 2. The minimum Gasteiger partial charge on any atom is -0.321 e. The van der Waals surface area contributed by atoms with Crippen molar-refractivity contribution in [1.29, 1.82) is 0 Å². The molecule has 1 amide bonds. The average molecular weight is 264 g/mol. The van der Waals surface area contributed by atoms with Crippen molar-refractivity contribution in [2.75, 3.05) is 5.32 Å². The molecular weight excluding hydrogens is 252 g/mol. The predicted octanol–water partition coefficient (Wildman–Crippen LogP) is 2.72. The quantitative estimate of drug-likeness (QED) is 0.764. The van der Waals surface area contributed by atoms with Crippen LogP contribution in [-0.4, -0.2) is 21.1 Å². The van der Waals surface area contributed by atoms with Crippen LogP contribution in [0.5, 0.6) is 0 Å². The van der Waals surface area contributed by atoms with Crippen LogP contribution < -0.4 is 5.32 Å². The summed E-state index contributed by atoms with van der Waals surface area (Å²) in [4.78, 5) is 16.0. The largest absolute Gasteiger partial charge is 0.321 e. The molecule has 98 valence electrons. The van der Waals surface area contributed by atoms with Gasteiger partial charge in [-0.2, -0.15) is 5.10 Å². The van der Waals surface area contributed by atoms with Gasteiger partial charge in [-0.3, -0.25) is 14.9 Å². The molecule has 2 aromatic heterocycles. The average Bonchev–Trinajstić information content (AvgIpc) is 3.03. The van der Waals surface area contributed by atoms with Gasteiger partial charge in [-0.25, -0.2) is 0 Å². The summed E-state index contributed by atoms with van der Waals surface area (Å²) in [6.45, 7) is 0. The van der Waals surface area contributed by atoms with Crippen molar-refractivity contribution in [2.24, 2.45) is 0 Å². The number of carbonyl (C=O) groups excluding carboxylic acids is 1. The van der Waals surface area contributed by atoms with Crippen LogP contribution in [0.3, 0.4) is 0 Å². The summed E-state index contributed by atoms with van der Waals surface area (Å²) in [5.41, 5.74) is 3.28. The third-order valence-corrected chi connectivity index (χ3v) is 2.90. The Morgan fingerprint density at radius 1 is 1.05 bits per heavy atom. The molecule has 5 heteroatoms. The van der Waals surface area contributed by atoms with Crippen molar-refractivity contribution < 1.29 is 4.79 Å². The molecule has 2 heterocycles. The Kier molecular flexibility index (Phi) is 3.24. The summed E-state index contributed by atoms with van der Waals surface area (Å²) in [7, 11) is 0. The Labute approximate surface area is 115 Å². The van der Waals surface area contributed by atoms with Crippen LogP contribution in [-0.2, 0) is 0 Å². The minimum atomic E-state index is -0.156. The van der Waals surface area contributed by atoms with Crippen molar-refractivity contribution >= 4 is 11.6 Å². The van der Waals surface area contributed by atoms with Gasteiger partial charge in [-0.1, -0.05) is 12.1 Å². The Bertz CT molecular complexity index is 691. The molecule has 0 unspecified atom stereocenters. The first-order chi connectivity index (χ1) is 9.83. The number of pyridine rings is 1.